The van der Waals surface area contributed by atoms with Crippen LogP contribution in [0.3, 0.4) is 0 Å². The van der Waals surface area contributed by atoms with Crippen LogP contribution < -0.4 is 28.7 Å². The van der Waals surface area contributed by atoms with Crippen molar-refractivity contribution in [3.63, 3.8) is 0 Å². The summed E-state index contributed by atoms with van der Waals surface area (Å²) in [4.78, 5) is 34.7. The number of carbonyl (C=O) groups excluding carboxylic acids is 2. The van der Waals surface area contributed by atoms with Gasteiger partial charge in [-0.3, -0.25) is 9.59 Å². The second-order valence-electron chi connectivity index (χ2n) is 13.4. The van der Waals surface area contributed by atoms with E-state index in [9.17, 15) is 9.59 Å². The Balaban J connectivity index is 1.18. The number of carbonyl (C=O) groups is 2. The third kappa shape index (κ3) is 9.59. The predicted octanol–water partition coefficient (Wildman–Crippen LogP) is 4.85. The van der Waals surface area contributed by atoms with Gasteiger partial charge in [0.25, 0.3) is 0 Å². The lowest BCUT2D eigenvalue weighted by molar-refractivity contribution is -0.147. The Kier molecular flexibility index (Phi) is 12.1. The van der Waals surface area contributed by atoms with Crippen molar-refractivity contribution in [3.05, 3.63) is 36.4 Å². The van der Waals surface area contributed by atoms with Gasteiger partial charge in [0, 0.05) is 88.7 Å². The molecule has 2 amide bonds. The highest BCUT2D eigenvalue weighted by atomic mass is 16.5. The number of anilines is 2. The van der Waals surface area contributed by atoms with E-state index in [0.717, 1.165) is 37.6 Å². The minimum Gasteiger partial charge on any atom is -0.493 e. The molecule has 0 unspecified atom stereocenters. The average molecular weight is 655 g/mol. The molecule has 0 aliphatic carbocycles. The monoisotopic (exact) mass is 654 g/mol. The lowest BCUT2D eigenvalue weighted by Gasteiger charge is -2.39. The van der Waals surface area contributed by atoms with Crippen molar-refractivity contribution in [1.29, 1.82) is 0 Å². The van der Waals surface area contributed by atoms with E-state index in [0.29, 0.717) is 74.9 Å². The van der Waals surface area contributed by atoms with E-state index < -0.39 is 11.2 Å². The maximum Gasteiger partial charge on any atom is 0.222 e. The first-order chi connectivity index (χ1) is 22.4. The molecule has 4 rings (SSSR count). The SMILES string of the molecule is COc1ccc(N2CCN(C(=O)CCC(C)(C)OC(C)(C)CCC(=O)N3CCN(c4ccc(OC)c(OC)c4)CC3)CC2)cc1OC. The molecule has 0 N–H and O–H groups in total. The van der Waals surface area contributed by atoms with Gasteiger partial charge >= 0.3 is 0 Å². The summed E-state index contributed by atoms with van der Waals surface area (Å²) in [6.07, 6.45) is 2.06. The van der Waals surface area contributed by atoms with Crippen molar-refractivity contribution in [3.8, 4) is 23.0 Å². The molecule has 2 aliphatic heterocycles. The third-order valence-corrected chi connectivity index (χ3v) is 9.16. The maximum absolute atomic E-state index is 13.2. The van der Waals surface area contributed by atoms with Crippen molar-refractivity contribution in [1.82, 2.24) is 9.80 Å². The molecule has 11 nitrogen and oxygen atoms in total. The summed E-state index contributed by atoms with van der Waals surface area (Å²) in [6.45, 7) is 13.9. The van der Waals surface area contributed by atoms with Crippen molar-refractivity contribution in [2.24, 2.45) is 0 Å². The summed E-state index contributed by atoms with van der Waals surface area (Å²) in [5.41, 5.74) is 1.10. The summed E-state index contributed by atoms with van der Waals surface area (Å²) in [5.74, 6) is 3.09. The molecule has 2 heterocycles. The van der Waals surface area contributed by atoms with Crippen molar-refractivity contribution >= 4 is 23.2 Å². The summed E-state index contributed by atoms with van der Waals surface area (Å²) < 4.78 is 28.2. The zero-order chi connectivity index (χ0) is 34.2. The Morgan fingerprint density at radius 2 is 0.894 bits per heavy atom. The normalized spacial score (nSPS) is 15.8. The van der Waals surface area contributed by atoms with Gasteiger partial charge in [0.15, 0.2) is 23.0 Å². The Morgan fingerprint density at radius 1 is 0.553 bits per heavy atom. The lowest BCUT2D eigenvalue weighted by Crippen LogP contribution is -2.49. The van der Waals surface area contributed by atoms with E-state index >= 15 is 0 Å². The third-order valence-electron chi connectivity index (χ3n) is 9.16. The Bertz CT molecular complexity index is 1250. The number of hydrogen-bond acceptors (Lipinski definition) is 9. The smallest absolute Gasteiger partial charge is 0.222 e. The fraction of sp³-hybridized carbons (Fsp3) is 0.611. The fourth-order valence-electron chi connectivity index (χ4n) is 6.45. The van der Waals surface area contributed by atoms with Crippen molar-refractivity contribution < 1.29 is 33.3 Å². The molecule has 2 aromatic carbocycles. The number of hydrogen-bond donors (Lipinski definition) is 0. The van der Waals surface area contributed by atoms with Crippen LogP contribution in [0, 0.1) is 0 Å². The fourth-order valence-corrected chi connectivity index (χ4v) is 6.45. The second-order valence-corrected chi connectivity index (χ2v) is 13.4. The molecule has 2 aliphatic rings. The van der Waals surface area contributed by atoms with Gasteiger partial charge < -0.3 is 43.3 Å². The molecule has 0 atom stereocenters. The molecule has 11 heteroatoms. The minimum atomic E-state index is -0.505. The second kappa shape index (κ2) is 15.8. The molecular formula is C36H54N4O7. The number of amides is 2. The van der Waals surface area contributed by atoms with Crippen LogP contribution in [0.2, 0.25) is 0 Å². The topological polar surface area (TPSA) is 93.3 Å². The Morgan fingerprint density at radius 3 is 1.21 bits per heavy atom. The van der Waals surface area contributed by atoms with Crippen LogP contribution in [0.15, 0.2) is 36.4 Å². The van der Waals surface area contributed by atoms with E-state index in [4.69, 9.17) is 23.7 Å². The van der Waals surface area contributed by atoms with Gasteiger partial charge in [-0.15, -0.1) is 0 Å². The number of ether oxygens (including phenoxy) is 5. The number of benzene rings is 2. The molecule has 2 fully saturated rings. The molecule has 47 heavy (non-hydrogen) atoms. The predicted molar refractivity (Wildman–Crippen MR) is 184 cm³/mol. The first-order valence-electron chi connectivity index (χ1n) is 16.6. The number of methoxy groups -OCH3 is 4. The van der Waals surface area contributed by atoms with Gasteiger partial charge in [-0.1, -0.05) is 0 Å². The van der Waals surface area contributed by atoms with Gasteiger partial charge in [-0.05, 0) is 64.8 Å². The zero-order valence-electron chi connectivity index (χ0n) is 29.6. The maximum atomic E-state index is 13.2. The van der Waals surface area contributed by atoms with E-state index in [1.54, 1.807) is 28.4 Å². The highest BCUT2D eigenvalue weighted by Gasteiger charge is 2.32. The Hall–Kier alpha value is -3.86. The Labute approximate surface area is 280 Å². The van der Waals surface area contributed by atoms with Gasteiger partial charge in [0.05, 0.1) is 39.6 Å². The molecule has 260 valence electrons. The van der Waals surface area contributed by atoms with Crippen LogP contribution in [-0.4, -0.2) is 114 Å². The molecule has 0 saturated carbocycles. The van der Waals surface area contributed by atoms with Crippen LogP contribution in [0.25, 0.3) is 0 Å². The number of piperazine rings is 2. The number of rotatable bonds is 14. The van der Waals surface area contributed by atoms with Gasteiger partial charge in [-0.2, -0.15) is 0 Å². The largest absolute Gasteiger partial charge is 0.493 e. The first kappa shape index (κ1) is 36.0. The van der Waals surface area contributed by atoms with Crippen LogP contribution in [0.5, 0.6) is 23.0 Å². The molecule has 0 radical (unpaired) electrons. The standard InChI is InChI=1S/C36H54N4O7/c1-35(2,15-13-33(41)39-21-17-37(18-22-39)27-9-11-29(43-5)31(25-27)45-7)47-36(3,4)16-14-34(42)40-23-19-38(20-24-40)28-10-12-30(44-6)32(26-28)46-8/h9-12,25-26H,13-24H2,1-8H3. The van der Waals surface area contributed by atoms with E-state index in [-0.39, 0.29) is 11.8 Å². The summed E-state index contributed by atoms with van der Waals surface area (Å²) in [5, 5.41) is 0. The van der Waals surface area contributed by atoms with Crippen molar-refractivity contribution in [2.45, 2.75) is 64.6 Å². The number of nitrogens with zero attached hydrogens (tertiary/aromatic N) is 4. The molecule has 2 saturated heterocycles. The molecular weight excluding hydrogens is 600 g/mol. The highest BCUT2D eigenvalue weighted by molar-refractivity contribution is 5.77. The van der Waals surface area contributed by atoms with Gasteiger partial charge in [-0.25, -0.2) is 0 Å². The summed E-state index contributed by atoms with van der Waals surface area (Å²) in [7, 11) is 6.53. The van der Waals surface area contributed by atoms with Crippen LogP contribution in [0.4, 0.5) is 11.4 Å². The molecule has 0 aromatic heterocycles. The zero-order valence-corrected chi connectivity index (χ0v) is 29.6. The van der Waals surface area contributed by atoms with Crippen molar-refractivity contribution in [2.75, 3.05) is 90.6 Å². The van der Waals surface area contributed by atoms with E-state index in [2.05, 4.69) is 9.80 Å². The molecule has 0 spiro atoms. The van der Waals surface area contributed by atoms with Gasteiger partial charge in [0.2, 0.25) is 11.8 Å². The highest BCUT2D eigenvalue weighted by Crippen LogP contribution is 2.34. The minimum absolute atomic E-state index is 0.147. The van der Waals surface area contributed by atoms with E-state index in [1.807, 2.05) is 73.9 Å². The molecule has 2 aromatic rings. The summed E-state index contributed by atoms with van der Waals surface area (Å²) >= 11 is 0. The quantitative estimate of drug-likeness (QED) is 0.284. The van der Waals surface area contributed by atoms with Crippen LogP contribution in [-0.2, 0) is 14.3 Å². The molecule has 0 bridgehead atoms. The van der Waals surface area contributed by atoms with E-state index in [1.165, 1.54) is 0 Å². The summed E-state index contributed by atoms with van der Waals surface area (Å²) in [6, 6.07) is 11.8. The van der Waals surface area contributed by atoms with Gasteiger partial charge in [0.1, 0.15) is 0 Å². The first-order valence-corrected chi connectivity index (χ1v) is 16.6. The average Bonchev–Trinajstić information content (AvgIpc) is 3.08. The lowest BCUT2D eigenvalue weighted by atomic mass is 9.96. The van der Waals surface area contributed by atoms with Crippen LogP contribution in [0.1, 0.15) is 53.4 Å². The van der Waals surface area contributed by atoms with Crippen LogP contribution >= 0.6 is 0 Å².